The number of likely N-dealkylation sites (tertiary alicyclic amines) is 1. The molecule has 12 heteroatoms. The number of nitrogens with zero attached hydrogens (tertiary/aromatic N) is 3. The third kappa shape index (κ3) is 3.98. The normalized spacial score (nSPS) is 29.5. The molecule has 2 aliphatic heterocycles. The van der Waals surface area contributed by atoms with Gasteiger partial charge in [-0.2, -0.15) is 0 Å². The quantitative estimate of drug-likeness (QED) is 0.222. The molecule has 222 valence electrons. The number of piperidine rings is 1. The maximum atomic E-state index is 13.4. The highest BCUT2D eigenvalue weighted by molar-refractivity contribution is 5.92. The number of likely N-dealkylation sites (N-methyl/N-ethyl adjacent to an activating group) is 1. The second kappa shape index (κ2) is 9.75. The van der Waals surface area contributed by atoms with Crippen molar-refractivity contribution in [2.75, 3.05) is 20.1 Å². The van der Waals surface area contributed by atoms with Crippen molar-refractivity contribution in [2.45, 2.75) is 61.2 Å². The monoisotopic (exact) mass is 585 g/mol. The lowest BCUT2D eigenvalue weighted by molar-refractivity contribution is -0.605. The standard InChI is InChI=1S/C30H30F3N3O6/c1-3-14-35-15-13-28-25-19-8-9-22(37)26(25)41-27(28)21(11-12-29(28,36(39)40)23(35)17-19)34(2)24(38)10-7-18-5-4-6-20(16-18)42-30(31,32)33/h3-10,16,21,23,27,37H,1,11-15,17H2,2H3/b10-7+/t21?,23-,27?,28+,29-/m1/s1. The van der Waals surface area contributed by atoms with Crippen molar-refractivity contribution in [1.29, 1.82) is 0 Å². The Morgan fingerprint density at radius 3 is 2.83 bits per heavy atom. The molecule has 2 aromatic carbocycles. The lowest BCUT2D eigenvalue weighted by atomic mass is 9.46. The number of carbonyl (C=O) groups is 1. The van der Waals surface area contributed by atoms with Gasteiger partial charge in [0.1, 0.15) is 17.3 Å². The zero-order valence-electron chi connectivity index (χ0n) is 22.8. The van der Waals surface area contributed by atoms with Crippen molar-refractivity contribution in [2.24, 2.45) is 0 Å². The van der Waals surface area contributed by atoms with Gasteiger partial charge in [-0.15, -0.1) is 19.8 Å². The van der Waals surface area contributed by atoms with Crippen molar-refractivity contribution in [3.63, 3.8) is 0 Å². The summed E-state index contributed by atoms with van der Waals surface area (Å²) in [5.74, 6) is -0.678. The van der Waals surface area contributed by atoms with Crippen molar-refractivity contribution in [3.8, 4) is 17.2 Å². The van der Waals surface area contributed by atoms with Gasteiger partial charge in [0.05, 0.1) is 12.1 Å². The Bertz CT molecular complexity index is 1500. The predicted octanol–water partition coefficient (Wildman–Crippen LogP) is 4.46. The van der Waals surface area contributed by atoms with Gasteiger partial charge >= 0.3 is 6.36 Å². The third-order valence-corrected chi connectivity index (χ3v) is 9.59. The number of hydrogen-bond acceptors (Lipinski definition) is 7. The van der Waals surface area contributed by atoms with E-state index in [4.69, 9.17) is 4.74 Å². The fraction of sp³-hybridized carbons (Fsp3) is 0.433. The fourth-order valence-corrected chi connectivity index (χ4v) is 8.03. The van der Waals surface area contributed by atoms with E-state index in [9.17, 15) is 33.2 Å². The smallest absolute Gasteiger partial charge is 0.504 e. The fourth-order valence-electron chi connectivity index (χ4n) is 8.03. The molecular weight excluding hydrogens is 555 g/mol. The molecule has 4 aliphatic rings. The van der Waals surface area contributed by atoms with Crippen LogP contribution >= 0.6 is 0 Å². The number of amides is 1. The van der Waals surface area contributed by atoms with E-state index in [2.05, 4.69) is 16.2 Å². The van der Waals surface area contributed by atoms with Crippen LogP contribution in [0.3, 0.4) is 0 Å². The van der Waals surface area contributed by atoms with Gasteiger partial charge in [0, 0.05) is 43.1 Å². The van der Waals surface area contributed by atoms with Gasteiger partial charge in [0.2, 0.25) is 5.91 Å². The van der Waals surface area contributed by atoms with Crippen LogP contribution in [-0.2, 0) is 16.6 Å². The lowest BCUT2D eigenvalue weighted by Gasteiger charge is -2.61. The van der Waals surface area contributed by atoms with Gasteiger partial charge in [-0.1, -0.05) is 24.3 Å². The first-order valence-corrected chi connectivity index (χ1v) is 13.7. The molecule has 5 atom stereocenters. The molecule has 0 radical (unpaired) electrons. The van der Waals surface area contributed by atoms with Gasteiger partial charge < -0.3 is 19.5 Å². The van der Waals surface area contributed by atoms with Gasteiger partial charge in [-0.3, -0.25) is 19.8 Å². The number of hydrogen-bond donors (Lipinski definition) is 1. The molecule has 2 heterocycles. The Hall–Kier alpha value is -4.06. The first-order valence-electron chi connectivity index (χ1n) is 13.7. The SMILES string of the molecule is C=CCN1CC[C@]23c4c5ccc(O)c4OC2C(N(C)C(=O)/C=C/c2cccc(OC(F)(F)F)c2)CC[C@@]3([N+](=O)[O-])[C@H]1C5. The van der Waals surface area contributed by atoms with Crippen LogP contribution in [0.15, 0.2) is 55.1 Å². The highest BCUT2D eigenvalue weighted by atomic mass is 19.4. The second-order valence-corrected chi connectivity index (χ2v) is 11.4. The molecule has 1 saturated heterocycles. The molecule has 1 N–H and O–H groups in total. The van der Waals surface area contributed by atoms with Crippen LogP contribution in [0.4, 0.5) is 13.2 Å². The summed E-state index contributed by atoms with van der Waals surface area (Å²) in [6.45, 7) is 4.92. The third-order valence-electron chi connectivity index (χ3n) is 9.59. The Morgan fingerprint density at radius 1 is 1.33 bits per heavy atom. The Labute approximate surface area is 240 Å². The van der Waals surface area contributed by atoms with E-state index >= 15 is 0 Å². The van der Waals surface area contributed by atoms with E-state index in [-0.39, 0.29) is 22.8 Å². The van der Waals surface area contributed by atoms with Gasteiger partial charge in [-0.05, 0) is 54.7 Å². The van der Waals surface area contributed by atoms with Crippen molar-refractivity contribution >= 4 is 12.0 Å². The zero-order chi connectivity index (χ0) is 30.0. The highest BCUT2D eigenvalue weighted by Gasteiger charge is 2.80. The summed E-state index contributed by atoms with van der Waals surface area (Å²) in [5, 5.41) is 24.0. The summed E-state index contributed by atoms with van der Waals surface area (Å²) in [5.41, 5.74) is -0.541. The summed E-state index contributed by atoms with van der Waals surface area (Å²) in [7, 11) is 1.59. The minimum Gasteiger partial charge on any atom is -0.504 e. The molecule has 2 aromatic rings. The zero-order valence-corrected chi connectivity index (χ0v) is 22.8. The predicted molar refractivity (Wildman–Crippen MR) is 146 cm³/mol. The number of ether oxygens (including phenoxy) is 2. The van der Waals surface area contributed by atoms with Crippen LogP contribution < -0.4 is 9.47 Å². The minimum absolute atomic E-state index is 0.0877. The van der Waals surface area contributed by atoms with E-state index in [0.29, 0.717) is 43.5 Å². The average Bonchev–Trinajstić information content (AvgIpc) is 3.28. The van der Waals surface area contributed by atoms with Gasteiger partial charge in [0.15, 0.2) is 11.5 Å². The number of benzene rings is 2. The van der Waals surface area contributed by atoms with Crippen LogP contribution in [0.1, 0.15) is 36.0 Å². The summed E-state index contributed by atoms with van der Waals surface area (Å²) in [6, 6.07) is 7.66. The first-order chi connectivity index (χ1) is 19.9. The maximum absolute atomic E-state index is 13.4. The summed E-state index contributed by atoms with van der Waals surface area (Å²) < 4.78 is 48.3. The first kappa shape index (κ1) is 28.1. The second-order valence-electron chi connectivity index (χ2n) is 11.4. The molecule has 2 unspecified atom stereocenters. The molecule has 1 spiro atoms. The van der Waals surface area contributed by atoms with Crippen LogP contribution in [0, 0.1) is 10.1 Å². The number of phenolic OH excluding ortho intramolecular Hbond substituents is 1. The largest absolute Gasteiger partial charge is 0.573 e. The number of alkyl halides is 3. The van der Waals surface area contributed by atoms with Gasteiger partial charge in [0.25, 0.3) is 5.54 Å². The van der Waals surface area contributed by atoms with Gasteiger partial charge in [-0.25, -0.2) is 0 Å². The molecule has 6 rings (SSSR count). The number of aromatic hydroxyl groups is 1. The Morgan fingerprint density at radius 2 is 2.12 bits per heavy atom. The lowest BCUT2D eigenvalue weighted by Crippen LogP contribution is -2.80. The molecule has 1 saturated carbocycles. The summed E-state index contributed by atoms with van der Waals surface area (Å²) >= 11 is 0. The number of phenols is 1. The average molecular weight is 586 g/mol. The number of rotatable bonds is 7. The summed E-state index contributed by atoms with van der Waals surface area (Å²) in [6.07, 6.45) is 0.118. The Kier molecular flexibility index (Phi) is 6.52. The molecule has 1 amide bonds. The highest BCUT2D eigenvalue weighted by Crippen LogP contribution is 2.66. The molecule has 42 heavy (non-hydrogen) atoms. The number of nitro groups is 1. The van der Waals surface area contributed by atoms with Crippen molar-refractivity contribution in [1.82, 2.24) is 9.80 Å². The number of carbonyl (C=O) groups excluding carboxylic acids is 1. The van der Waals surface area contributed by atoms with E-state index in [1.807, 2.05) is 6.07 Å². The Balaban J connectivity index is 1.35. The molecule has 2 aliphatic carbocycles. The molecule has 0 aromatic heterocycles. The van der Waals surface area contributed by atoms with Crippen LogP contribution in [0.25, 0.3) is 6.08 Å². The van der Waals surface area contributed by atoms with E-state index in [0.717, 1.165) is 11.6 Å². The van der Waals surface area contributed by atoms with Crippen LogP contribution in [0.5, 0.6) is 17.2 Å². The number of halogens is 3. The van der Waals surface area contributed by atoms with Crippen molar-refractivity contribution < 1.29 is 37.5 Å². The molecular formula is C30H30F3N3O6. The van der Waals surface area contributed by atoms with E-state index in [1.54, 1.807) is 19.2 Å². The molecule has 2 bridgehead atoms. The maximum Gasteiger partial charge on any atom is 0.573 e. The van der Waals surface area contributed by atoms with E-state index < -0.39 is 47.2 Å². The molecule has 2 fully saturated rings. The van der Waals surface area contributed by atoms with Crippen LogP contribution in [-0.4, -0.2) is 76.0 Å². The van der Waals surface area contributed by atoms with E-state index in [1.165, 1.54) is 35.3 Å². The summed E-state index contributed by atoms with van der Waals surface area (Å²) in [4.78, 5) is 30.0. The minimum atomic E-state index is -4.84. The van der Waals surface area contributed by atoms with Crippen LogP contribution in [0.2, 0.25) is 0 Å². The van der Waals surface area contributed by atoms with Crippen molar-refractivity contribution in [3.05, 3.63) is 81.9 Å². The topological polar surface area (TPSA) is 105 Å². The molecule has 9 nitrogen and oxygen atoms in total.